The van der Waals surface area contributed by atoms with Gasteiger partial charge in [0.15, 0.2) is 0 Å². The molecule has 2 nitrogen and oxygen atoms in total. The van der Waals surface area contributed by atoms with Gasteiger partial charge in [-0.15, -0.1) is 0 Å². The fourth-order valence-corrected chi connectivity index (χ4v) is 2.68. The van der Waals surface area contributed by atoms with Gasteiger partial charge in [-0.2, -0.15) is 0 Å². The van der Waals surface area contributed by atoms with Crippen LogP contribution in [-0.2, 0) is 0 Å². The monoisotopic (exact) mass is 259 g/mol. The number of benzene rings is 2. The smallest absolute Gasteiger partial charge is 0.120 e. The van der Waals surface area contributed by atoms with Crippen molar-refractivity contribution in [2.24, 2.45) is 0 Å². The predicted octanol–water partition coefficient (Wildman–Crippen LogP) is 4.05. The van der Waals surface area contributed by atoms with Crippen molar-refractivity contribution in [2.45, 2.75) is 23.6 Å². The first-order valence-electron chi connectivity index (χ1n) is 5.79. The van der Waals surface area contributed by atoms with Gasteiger partial charge in [0.25, 0.3) is 0 Å². The molecule has 2 aromatic carbocycles. The quantitative estimate of drug-likeness (QED) is 0.845. The molecule has 0 atom stereocenters. The average molecular weight is 259 g/mol. The van der Waals surface area contributed by atoms with Crippen molar-refractivity contribution in [3.63, 3.8) is 0 Å². The standard InChI is InChI=1S/C15H17NOS/c1-10-4-6-14(11(2)8-10)18-15-7-5-12(17-3)9-13(15)16/h4-9H,16H2,1-3H3. The second kappa shape index (κ2) is 5.36. The zero-order valence-corrected chi connectivity index (χ0v) is 11.7. The number of nitrogens with two attached hydrogens (primary N) is 1. The Morgan fingerprint density at radius 2 is 1.72 bits per heavy atom. The van der Waals surface area contributed by atoms with Crippen molar-refractivity contribution >= 4 is 17.4 Å². The van der Waals surface area contributed by atoms with E-state index in [1.807, 2.05) is 18.2 Å². The van der Waals surface area contributed by atoms with Gasteiger partial charge in [-0.05, 0) is 37.6 Å². The van der Waals surface area contributed by atoms with E-state index in [1.165, 1.54) is 16.0 Å². The Labute approximate surface area is 112 Å². The summed E-state index contributed by atoms with van der Waals surface area (Å²) in [5.41, 5.74) is 9.32. The van der Waals surface area contributed by atoms with Crippen LogP contribution < -0.4 is 10.5 Å². The zero-order valence-electron chi connectivity index (χ0n) is 10.9. The molecule has 2 rings (SSSR count). The highest BCUT2D eigenvalue weighted by molar-refractivity contribution is 7.99. The lowest BCUT2D eigenvalue weighted by Crippen LogP contribution is -1.91. The van der Waals surface area contributed by atoms with E-state index in [2.05, 4.69) is 32.0 Å². The number of hydrogen-bond acceptors (Lipinski definition) is 3. The molecule has 0 aromatic heterocycles. The van der Waals surface area contributed by atoms with E-state index >= 15 is 0 Å². The molecule has 18 heavy (non-hydrogen) atoms. The molecule has 0 aliphatic heterocycles. The first-order chi connectivity index (χ1) is 8.60. The maximum Gasteiger partial charge on any atom is 0.120 e. The van der Waals surface area contributed by atoms with Crippen molar-refractivity contribution in [3.05, 3.63) is 47.5 Å². The zero-order chi connectivity index (χ0) is 13.1. The molecule has 94 valence electrons. The molecule has 0 radical (unpaired) electrons. The largest absolute Gasteiger partial charge is 0.497 e. The van der Waals surface area contributed by atoms with Crippen LogP contribution in [0.4, 0.5) is 5.69 Å². The van der Waals surface area contributed by atoms with E-state index in [0.29, 0.717) is 0 Å². The third kappa shape index (κ3) is 2.79. The van der Waals surface area contributed by atoms with E-state index in [4.69, 9.17) is 10.5 Å². The maximum atomic E-state index is 6.02. The minimum atomic E-state index is 0.749. The molecule has 0 saturated heterocycles. The van der Waals surface area contributed by atoms with Gasteiger partial charge in [0, 0.05) is 21.5 Å². The summed E-state index contributed by atoms with van der Waals surface area (Å²) < 4.78 is 5.15. The van der Waals surface area contributed by atoms with E-state index in [9.17, 15) is 0 Å². The molecule has 0 aliphatic rings. The lowest BCUT2D eigenvalue weighted by atomic mass is 10.2. The summed E-state index contributed by atoms with van der Waals surface area (Å²) in [4.78, 5) is 2.29. The fraction of sp³-hybridized carbons (Fsp3) is 0.200. The summed E-state index contributed by atoms with van der Waals surface area (Å²) >= 11 is 1.69. The Hall–Kier alpha value is -1.61. The lowest BCUT2D eigenvalue weighted by Gasteiger charge is -2.10. The topological polar surface area (TPSA) is 35.2 Å². The van der Waals surface area contributed by atoms with Gasteiger partial charge in [0.2, 0.25) is 0 Å². The predicted molar refractivity (Wildman–Crippen MR) is 77.4 cm³/mol. The number of anilines is 1. The molecule has 3 heteroatoms. The Kier molecular flexibility index (Phi) is 3.82. The average Bonchev–Trinajstić information content (AvgIpc) is 2.34. The number of hydrogen-bond donors (Lipinski definition) is 1. The van der Waals surface area contributed by atoms with Gasteiger partial charge < -0.3 is 10.5 Å². The highest BCUT2D eigenvalue weighted by Crippen LogP contribution is 2.35. The molecule has 0 bridgehead atoms. The molecular weight excluding hydrogens is 242 g/mol. The van der Waals surface area contributed by atoms with Crippen molar-refractivity contribution in [1.29, 1.82) is 0 Å². The number of rotatable bonds is 3. The molecular formula is C15H17NOS. The van der Waals surface area contributed by atoms with Crippen LogP contribution in [0.2, 0.25) is 0 Å². The minimum Gasteiger partial charge on any atom is -0.497 e. The summed E-state index contributed by atoms with van der Waals surface area (Å²) in [7, 11) is 1.64. The number of aryl methyl sites for hydroxylation is 2. The number of ether oxygens (including phenoxy) is 1. The van der Waals surface area contributed by atoms with Gasteiger partial charge in [0.05, 0.1) is 7.11 Å². The van der Waals surface area contributed by atoms with Crippen molar-refractivity contribution < 1.29 is 4.74 Å². The van der Waals surface area contributed by atoms with Crippen molar-refractivity contribution in [2.75, 3.05) is 12.8 Å². The Morgan fingerprint density at radius 3 is 2.33 bits per heavy atom. The van der Waals surface area contributed by atoms with Crippen LogP contribution in [0.3, 0.4) is 0 Å². The summed E-state index contributed by atoms with van der Waals surface area (Å²) in [5, 5.41) is 0. The lowest BCUT2D eigenvalue weighted by molar-refractivity contribution is 0.415. The molecule has 0 amide bonds. The number of methoxy groups -OCH3 is 1. The summed E-state index contributed by atoms with van der Waals surface area (Å²) in [5.74, 6) is 0.789. The molecule has 0 fully saturated rings. The highest BCUT2D eigenvalue weighted by Gasteiger charge is 2.05. The molecule has 0 heterocycles. The van der Waals surface area contributed by atoms with Gasteiger partial charge in [-0.3, -0.25) is 0 Å². The van der Waals surface area contributed by atoms with E-state index in [0.717, 1.165) is 16.3 Å². The fourth-order valence-electron chi connectivity index (χ4n) is 1.78. The van der Waals surface area contributed by atoms with Crippen LogP contribution in [0.5, 0.6) is 5.75 Å². The molecule has 2 aromatic rings. The minimum absolute atomic E-state index is 0.749. The summed E-state index contributed by atoms with van der Waals surface area (Å²) in [6, 6.07) is 12.2. The van der Waals surface area contributed by atoms with Gasteiger partial charge >= 0.3 is 0 Å². The van der Waals surface area contributed by atoms with Crippen LogP contribution in [0.1, 0.15) is 11.1 Å². The Bertz CT molecular complexity index is 566. The third-order valence-corrected chi connectivity index (χ3v) is 4.04. The van der Waals surface area contributed by atoms with Gasteiger partial charge in [-0.25, -0.2) is 0 Å². The normalized spacial score (nSPS) is 10.4. The summed E-state index contributed by atoms with van der Waals surface area (Å²) in [6.07, 6.45) is 0. The third-order valence-electron chi connectivity index (χ3n) is 2.77. The first kappa shape index (κ1) is 12.8. The second-order valence-corrected chi connectivity index (χ2v) is 5.36. The Balaban J connectivity index is 2.28. The molecule has 0 spiro atoms. The summed E-state index contributed by atoms with van der Waals surface area (Å²) in [6.45, 7) is 4.22. The van der Waals surface area contributed by atoms with Crippen LogP contribution in [0, 0.1) is 13.8 Å². The van der Waals surface area contributed by atoms with E-state index in [1.54, 1.807) is 18.9 Å². The highest BCUT2D eigenvalue weighted by atomic mass is 32.2. The first-order valence-corrected chi connectivity index (χ1v) is 6.60. The van der Waals surface area contributed by atoms with Crippen LogP contribution in [0.25, 0.3) is 0 Å². The van der Waals surface area contributed by atoms with Crippen molar-refractivity contribution in [3.8, 4) is 5.75 Å². The molecule has 0 aliphatic carbocycles. The van der Waals surface area contributed by atoms with Crippen LogP contribution in [-0.4, -0.2) is 7.11 Å². The molecule has 0 unspecified atom stereocenters. The second-order valence-electron chi connectivity index (χ2n) is 4.27. The van der Waals surface area contributed by atoms with Gasteiger partial charge in [0.1, 0.15) is 5.75 Å². The Morgan fingerprint density at radius 1 is 1.00 bits per heavy atom. The van der Waals surface area contributed by atoms with Crippen LogP contribution >= 0.6 is 11.8 Å². The van der Waals surface area contributed by atoms with Crippen molar-refractivity contribution in [1.82, 2.24) is 0 Å². The van der Waals surface area contributed by atoms with E-state index in [-0.39, 0.29) is 0 Å². The SMILES string of the molecule is COc1ccc(Sc2ccc(C)cc2C)c(N)c1. The molecule has 0 saturated carbocycles. The van der Waals surface area contributed by atoms with Crippen LogP contribution in [0.15, 0.2) is 46.2 Å². The molecule has 2 N–H and O–H groups in total. The van der Waals surface area contributed by atoms with Gasteiger partial charge in [-0.1, -0.05) is 29.5 Å². The maximum absolute atomic E-state index is 6.02. The number of nitrogen functional groups attached to an aromatic ring is 1. The van der Waals surface area contributed by atoms with E-state index < -0.39 is 0 Å².